The second kappa shape index (κ2) is 3.37. The molecule has 2 heteroatoms. The van der Waals surface area contributed by atoms with Crippen molar-refractivity contribution in [2.24, 2.45) is 5.41 Å². The fourth-order valence-electron chi connectivity index (χ4n) is 1.62. The van der Waals surface area contributed by atoms with Crippen LogP contribution in [0.5, 0.6) is 0 Å². The van der Waals surface area contributed by atoms with Crippen LogP contribution in [-0.4, -0.2) is 5.97 Å². The molecule has 0 saturated carbocycles. The van der Waals surface area contributed by atoms with E-state index in [0.717, 1.165) is 12.0 Å². The van der Waals surface area contributed by atoms with Crippen molar-refractivity contribution < 1.29 is 9.53 Å². The predicted octanol–water partition coefficient (Wildman–Crippen LogP) is 2.87. The molecule has 1 atom stereocenters. The molecule has 1 aliphatic rings. The van der Waals surface area contributed by atoms with Crippen molar-refractivity contribution in [3.05, 3.63) is 35.4 Å². The van der Waals surface area contributed by atoms with Gasteiger partial charge in [-0.2, -0.15) is 0 Å². The molecule has 1 aromatic rings. The van der Waals surface area contributed by atoms with Gasteiger partial charge in [0.05, 0.1) is 5.41 Å². The number of hydrogen-bond acceptors (Lipinski definition) is 2. The Balaban J connectivity index is 2.04. The van der Waals surface area contributed by atoms with Crippen LogP contribution in [0.25, 0.3) is 0 Å². The number of benzene rings is 1. The summed E-state index contributed by atoms with van der Waals surface area (Å²) in [4.78, 5) is 11.7. The van der Waals surface area contributed by atoms with Crippen molar-refractivity contribution in [2.75, 3.05) is 0 Å². The highest BCUT2D eigenvalue weighted by Crippen LogP contribution is 2.37. The maximum atomic E-state index is 11.7. The summed E-state index contributed by atoms with van der Waals surface area (Å²) in [5, 5.41) is 0. The lowest BCUT2D eigenvalue weighted by Crippen LogP contribution is -2.29. The van der Waals surface area contributed by atoms with E-state index < -0.39 is 5.41 Å². The molecular weight excluding hydrogens is 188 g/mol. The zero-order valence-corrected chi connectivity index (χ0v) is 9.41. The van der Waals surface area contributed by atoms with E-state index in [1.54, 1.807) is 0 Å². The van der Waals surface area contributed by atoms with Crippen molar-refractivity contribution in [3.8, 4) is 0 Å². The van der Waals surface area contributed by atoms with Crippen LogP contribution in [0.4, 0.5) is 0 Å². The lowest BCUT2D eigenvalue weighted by atomic mass is 9.85. The van der Waals surface area contributed by atoms with E-state index in [2.05, 4.69) is 6.07 Å². The molecule has 0 aliphatic heterocycles. The standard InChI is InChI=1S/C13H16O2/c1-13(2,3)12(14)15-11-8-9-6-4-5-7-10(9)11/h4-7,11H,8H2,1-3H3. The zero-order chi connectivity index (χ0) is 11.1. The number of carbonyl (C=O) groups is 1. The number of carbonyl (C=O) groups excluding carboxylic acids is 1. The molecule has 0 spiro atoms. The van der Waals surface area contributed by atoms with Crippen molar-refractivity contribution in [1.82, 2.24) is 0 Å². The van der Waals surface area contributed by atoms with Gasteiger partial charge in [-0.25, -0.2) is 0 Å². The molecule has 0 bridgehead atoms. The van der Waals surface area contributed by atoms with Gasteiger partial charge in [0, 0.05) is 6.42 Å². The highest BCUT2D eigenvalue weighted by Gasteiger charge is 2.32. The van der Waals surface area contributed by atoms with Gasteiger partial charge in [0.2, 0.25) is 0 Å². The van der Waals surface area contributed by atoms with Crippen LogP contribution in [0.2, 0.25) is 0 Å². The number of esters is 1. The maximum absolute atomic E-state index is 11.7. The molecule has 1 aromatic carbocycles. The van der Waals surface area contributed by atoms with Gasteiger partial charge in [0.1, 0.15) is 6.10 Å². The van der Waals surface area contributed by atoms with Crippen LogP contribution in [0.3, 0.4) is 0 Å². The third-order valence-electron chi connectivity index (χ3n) is 2.67. The Morgan fingerprint density at radius 3 is 2.60 bits per heavy atom. The lowest BCUT2D eigenvalue weighted by molar-refractivity contribution is -0.160. The number of rotatable bonds is 1. The molecule has 80 valence electrons. The third-order valence-corrected chi connectivity index (χ3v) is 2.67. The van der Waals surface area contributed by atoms with Gasteiger partial charge in [0.15, 0.2) is 0 Å². The fourth-order valence-corrected chi connectivity index (χ4v) is 1.62. The SMILES string of the molecule is CC(C)(C)C(=O)OC1Cc2ccccc21. The molecular formula is C13H16O2. The highest BCUT2D eigenvalue weighted by molar-refractivity contribution is 5.76. The van der Waals surface area contributed by atoms with E-state index >= 15 is 0 Å². The average molecular weight is 204 g/mol. The zero-order valence-electron chi connectivity index (χ0n) is 9.41. The van der Waals surface area contributed by atoms with E-state index in [0.29, 0.717) is 0 Å². The molecule has 0 radical (unpaired) electrons. The molecule has 0 amide bonds. The van der Waals surface area contributed by atoms with E-state index in [1.807, 2.05) is 39.0 Å². The highest BCUT2D eigenvalue weighted by atomic mass is 16.5. The molecule has 0 aromatic heterocycles. The number of fused-ring (bicyclic) bond motifs is 1. The van der Waals surface area contributed by atoms with Crippen LogP contribution in [-0.2, 0) is 16.0 Å². The molecule has 0 fully saturated rings. The monoisotopic (exact) mass is 204 g/mol. The van der Waals surface area contributed by atoms with Crippen LogP contribution in [0.1, 0.15) is 38.0 Å². The van der Waals surface area contributed by atoms with Gasteiger partial charge >= 0.3 is 5.97 Å². The van der Waals surface area contributed by atoms with Crippen molar-refractivity contribution in [2.45, 2.75) is 33.3 Å². The smallest absolute Gasteiger partial charge is 0.311 e. The summed E-state index contributed by atoms with van der Waals surface area (Å²) < 4.78 is 5.44. The van der Waals surface area contributed by atoms with E-state index in [-0.39, 0.29) is 12.1 Å². The molecule has 2 rings (SSSR count). The Labute approximate surface area is 90.3 Å². The van der Waals surface area contributed by atoms with Gasteiger partial charge in [0.25, 0.3) is 0 Å². The van der Waals surface area contributed by atoms with Gasteiger partial charge in [-0.1, -0.05) is 24.3 Å². The first-order valence-corrected chi connectivity index (χ1v) is 5.27. The second-order valence-electron chi connectivity index (χ2n) is 5.05. The number of hydrogen-bond donors (Lipinski definition) is 0. The first kappa shape index (κ1) is 10.2. The second-order valence-corrected chi connectivity index (χ2v) is 5.05. The van der Waals surface area contributed by atoms with E-state index in [9.17, 15) is 4.79 Å². The minimum Gasteiger partial charge on any atom is -0.457 e. The van der Waals surface area contributed by atoms with Crippen molar-refractivity contribution >= 4 is 5.97 Å². The Kier molecular flexibility index (Phi) is 2.29. The van der Waals surface area contributed by atoms with Crippen molar-refractivity contribution in [3.63, 3.8) is 0 Å². The summed E-state index contributed by atoms with van der Waals surface area (Å²) in [6.45, 7) is 5.62. The lowest BCUT2D eigenvalue weighted by Gasteiger charge is -2.31. The maximum Gasteiger partial charge on any atom is 0.311 e. The molecule has 0 saturated heterocycles. The minimum absolute atomic E-state index is 0.0204. The molecule has 2 nitrogen and oxygen atoms in total. The first-order valence-electron chi connectivity index (χ1n) is 5.27. The fraction of sp³-hybridized carbons (Fsp3) is 0.462. The quantitative estimate of drug-likeness (QED) is 0.657. The topological polar surface area (TPSA) is 26.3 Å². The van der Waals surface area contributed by atoms with Crippen LogP contribution >= 0.6 is 0 Å². The Hall–Kier alpha value is -1.31. The summed E-state index contributed by atoms with van der Waals surface area (Å²) >= 11 is 0. The van der Waals surface area contributed by atoms with Crippen LogP contribution in [0, 0.1) is 5.41 Å². The summed E-state index contributed by atoms with van der Waals surface area (Å²) in [5.74, 6) is -0.123. The summed E-state index contributed by atoms with van der Waals surface area (Å²) in [6.07, 6.45) is 0.839. The molecule has 1 unspecified atom stereocenters. The minimum atomic E-state index is -0.412. The molecule has 0 N–H and O–H groups in total. The van der Waals surface area contributed by atoms with Gasteiger partial charge in [-0.05, 0) is 31.9 Å². The average Bonchev–Trinajstić information content (AvgIpc) is 2.12. The predicted molar refractivity (Wildman–Crippen MR) is 58.4 cm³/mol. The van der Waals surface area contributed by atoms with Gasteiger partial charge in [-0.15, -0.1) is 0 Å². The van der Waals surface area contributed by atoms with Crippen LogP contribution in [0.15, 0.2) is 24.3 Å². The third kappa shape index (κ3) is 1.89. The molecule has 1 aliphatic carbocycles. The summed E-state index contributed by atoms with van der Waals surface area (Å²) in [7, 11) is 0. The Bertz CT molecular complexity index is 388. The Morgan fingerprint density at radius 1 is 1.33 bits per heavy atom. The van der Waals surface area contributed by atoms with Crippen LogP contribution < -0.4 is 0 Å². The molecule has 0 heterocycles. The van der Waals surface area contributed by atoms with Gasteiger partial charge in [-0.3, -0.25) is 4.79 Å². The largest absolute Gasteiger partial charge is 0.457 e. The Morgan fingerprint density at radius 2 is 2.00 bits per heavy atom. The van der Waals surface area contributed by atoms with Gasteiger partial charge < -0.3 is 4.74 Å². The first-order chi connectivity index (χ1) is 6.98. The van der Waals surface area contributed by atoms with Crippen molar-refractivity contribution in [1.29, 1.82) is 0 Å². The summed E-state index contributed by atoms with van der Waals surface area (Å²) in [6, 6.07) is 8.10. The summed E-state index contributed by atoms with van der Waals surface area (Å²) in [5.41, 5.74) is 2.05. The van der Waals surface area contributed by atoms with E-state index in [1.165, 1.54) is 5.56 Å². The van der Waals surface area contributed by atoms with E-state index in [4.69, 9.17) is 4.74 Å². The normalized spacial score (nSPS) is 19.0. The molecule has 15 heavy (non-hydrogen) atoms. The number of ether oxygens (including phenoxy) is 1.